The van der Waals surface area contributed by atoms with Crippen LogP contribution in [0.5, 0.6) is 0 Å². The van der Waals surface area contributed by atoms with E-state index < -0.39 is 0 Å². The molecule has 1 aliphatic rings. The standard InChI is InChI=1S/C19H25N5O2/c1-4-5-16-20-18(23-19(21-16)24-8-10-26-11-9-24)22-17(25)15-7-6-13(2)14(3)12-15/h6-7,12H,4-5,8-11H2,1-3H3,(H,20,21,22,23,25). The van der Waals surface area contributed by atoms with Gasteiger partial charge in [-0.3, -0.25) is 10.1 Å². The molecule has 0 unspecified atom stereocenters. The summed E-state index contributed by atoms with van der Waals surface area (Å²) in [6.07, 6.45) is 1.67. The lowest BCUT2D eigenvalue weighted by molar-refractivity contribution is 0.102. The molecular weight excluding hydrogens is 330 g/mol. The number of anilines is 2. The Labute approximate surface area is 153 Å². The monoisotopic (exact) mass is 355 g/mol. The van der Waals surface area contributed by atoms with E-state index in [1.165, 1.54) is 0 Å². The van der Waals surface area contributed by atoms with E-state index in [4.69, 9.17) is 4.74 Å². The van der Waals surface area contributed by atoms with Crippen molar-refractivity contribution in [2.24, 2.45) is 0 Å². The molecule has 1 amide bonds. The van der Waals surface area contributed by atoms with Gasteiger partial charge in [-0.05, 0) is 43.5 Å². The van der Waals surface area contributed by atoms with Gasteiger partial charge in [-0.1, -0.05) is 13.0 Å². The van der Waals surface area contributed by atoms with Crippen molar-refractivity contribution < 1.29 is 9.53 Å². The van der Waals surface area contributed by atoms with Crippen molar-refractivity contribution in [3.63, 3.8) is 0 Å². The Morgan fingerprint density at radius 1 is 1.15 bits per heavy atom. The van der Waals surface area contributed by atoms with E-state index in [1.54, 1.807) is 0 Å². The number of aryl methyl sites for hydroxylation is 3. The van der Waals surface area contributed by atoms with Gasteiger partial charge in [0.25, 0.3) is 5.91 Å². The molecule has 3 rings (SSSR count). The smallest absolute Gasteiger partial charge is 0.258 e. The van der Waals surface area contributed by atoms with E-state index in [1.807, 2.05) is 32.0 Å². The zero-order valence-electron chi connectivity index (χ0n) is 15.6. The van der Waals surface area contributed by atoms with Gasteiger partial charge in [0.15, 0.2) is 0 Å². The summed E-state index contributed by atoms with van der Waals surface area (Å²) in [5.41, 5.74) is 2.83. The number of carbonyl (C=O) groups is 1. The molecule has 0 atom stereocenters. The molecule has 0 radical (unpaired) electrons. The predicted octanol–water partition coefficient (Wildman–Crippen LogP) is 2.53. The number of aromatic nitrogens is 3. The van der Waals surface area contributed by atoms with Gasteiger partial charge in [0.2, 0.25) is 11.9 Å². The van der Waals surface area contributed by atoms with Crippen LogP contribution in [0.15, 0.2) is 18.2 Å². The van der Waals surface area contributed by atoms with Gasteiger partial charge in [-0.2, -0.15) is 15.0 Å². The summed E-state index contributed by atoms with van der Waals surface area (Å²) >= 11 is 0. The summed E-state index contributed by atoms with van der Waals surface area (Å²) in [4.78, 5) is 28.1. The van der Waals surface area contributed by atoms with Crippen LogP contribution in [0, 0.1) is 13.8 Å². The van der Waals surface area contributed by atoms with Crippen molar-refractivity contribution in [2.45, 2.75) is 33.6 Å². The molecule has 1 saturated heterocycles. The molecule has 1 fully saturated rings. The van der Waals surface area contributed by atoms with E-state index in [9.17, 15) is 4.79 Å². The Kier molecular flexibility index (Phi) is 5.78. The highest BCUT2D eigenvalue weighted by molar-refractivity contribution is 6.03. The number of benzene rings is 1. The minimum atomic E-state index is -0.213. The summed E-state index contributed by atoms with van der Waals surface area (Å²) in [6, 6.07) is 5.63. The van der Waals surface area contributed by atoms with Crippen LogP contribution >= 0.6 is 0 Å². The van der Waals surface area contributed by atoms with Crippen LogP contribution in [-0.4, -0.2) is 47.2 Å². The molecule has 0 aliphatic carbocycles. The molecule has 26 heavy (non-hydrogen) atoms. The first-order valence-electron chi connectivity index (χ1n) is 9.03. The number of morpholine rings is 1. The second-order valence-corrected chi connectivity index (χ2v) is 6.48. The minimum Gasteiger partial charge on any atom is -0.378 e. The highest BCUT2D eigenvalue weighted by atomic mass is 16.5. The molecule has 1 aromatic carbocycles. The first-order valence-corrected chi connectivity index (χ1v) is 9.03. The molecule has 1 aromatic heterocycles. The van der Waals surface area contributed by atoms with Crippen LogP contribution in [0.25, 0.3) is 0 Å². The molecule has 0 bridgehead atoms. The number of rotatable bonds is 5. The second-order valence-electron chi connectivity index (χ2n) is 6.48. The topological polar surface area (TPSA) is 80.2 Å². The maximum atomic E-state index is 12.6. The second kappa shape index (κ2) is 8.23. The fourth-order valence-electron chi connectivity index (χ4n) is 2.76. The molecule has 7 heteroatoms. The number of carbonyl (C=O) groups excluding carboxylic acids is 1. The van der Waals surface area contributed by atoms with Crippen LogP contribution < -0.4 is 10.2 Å². The normalized spacial score (nSPS) is 14.3. The summed E-state index contributed by atoms with van der Waals surface area (Å²) in [6.45, 7) is 8.86. The molecule has 1 N–H and O–H groups in total. The summed E-state index contributed by atoms with van der Waals surface area (Å²) in [5.74, 6) is 1.38. The van der Waals surface area contributed by atoms with Crippen LogP contribution in [0.4, 0.5) is 11.9 Å². The van der Waals surface area contributed by atoms with Crippen molar-refractivity contribution in [3.8, 4) is 0 Å². The van der Waals surface area contributed by atoms with Gasteiger partial charge in [0.1, 0.15) is 5.82 Å². The van der Waals surface area contributed by atoms with E-state index >= 15 is 0 Å². The fraction of sp³-hybridized carbons (Fsp3) is 0.474. The average Bonchev–Trinajstić information content (AvgIpc) is 2.65. The van der Waals surface area contributed by atoms with Crippen molar-refractivity contribution in [1.82, 2.24) is 15.0 Å². The van der Waals surface area contributed by atoms with Crippen molar-refractivity contribution >= 4 is 17.8 Å². The Morgan fingerprint density at radius 3 is 2.62 bits per heavy atom. The molecule has 0 saturated carbocycles. The fourth-order valence-corrected chi connectivity index (χ4v) is 2.76. The van der Waals surface area contributed by atoms with Gasteiger partial charge >= 0.3 is 0 Å². The molecule has 2 heterocycles. The molecule has 0 spiro atoms. The van der Waals surface area contributed by atoms with Gasteiger partial charge in [-0.25, -0.2) is 0 Å². The van der Waals surface area contributed by atoms with Gasteiger partial charge in [0.05, 0.1) is 13.2 Å². The van der Waals surface area contributed by atoms with Crippen molar-refractivity contribution in [1.29, 1.82) is 0 Å². The quantitative estimate of drug-likeness (QED) is 0.888. The number of nitrogens with zero attached hydrogens (tertiary/aromatic N) is 4. The highest BCUT2D eigenvalue weighted by Crippen LogP contribution is 2.15. The Hall–Kier alpha value is -2.54. The van der Waals surface area contributed by atoms with Crippen LogP contribution in [-0.2, 0) is 11.2 Å². The maximum Gasteiger partial charge on any atom is 0.258 e. The van der Waals surface area contributed by atoms with E-state index in [2.05, 4.69) is 32.1 Å². The summed E-state index contributed by atoms with van der Waals surface area (Å²) in [5, 5.41) is 2.82. The lowest BCUT2D eigenvalue weighted by atomic mass is 10.1. The van der Waals surface area contributed by atoms with Crippen LogP contribution in [0.3, 0.4) is 0 Å². The minimum absolute atomic E-state index is 0.213. The van der Waals surface area contributed by atoms with Crippen LogP contribution in [0.1, 0.15) is 40.7 Å². The average molecular weight is 355 g/mol. The van der Waals surface area contributed by atoms with Gasteiger partial charge in [-0.15, -0.1) is 0 Å². The molecular formula is C19H25N5O2. The molecule has 7 nitrogen and oxygen atoms in total. The summed E-state index contributed by atoms with van der Waals surface area (Å²) < 4.78 is 5.39. The zero-order chi connectivity index (χ0) is 18.5. The SMILES string of the molecule is CCCc1nc(NC(=O)c2ccc(C)c(C)c2)nc(N2CCOCC2)n1. The van der Waals surface area contributed by atoms with E-state index in [0.717, 1.165) is 37.1 Å². The Bertz CT molecular complexity index is 787. The number of hydrogen-bond donors (Lipinski definition) is 1. The van der Waals surface area contributed by atoms with E-state index in [-0.39, 0.29) is 5.91 Å². The number of amides is 1. The lowest BCUT2D eigenvalue weighted by Crippen LogP contribution is -2.37. The molecule has 2 aromatic rings. The van der Waals surface area contributed by atoms with Crippen LogP contribution in [0.2, 0.25) is 0 Å². The Morgan fingerprint density at radius 2 is 1.92 bits per heavy atom. The maximum absolute atomic E-state index is 12.6. The first-order chi connectivity index (χ1) is 12.6. The molecule has 138 valence electrons. The summed E-state index contributed by atoms with van der Waals surface area (Å²) in [7, 11) is 0. The third-order valence-electron chi connectivity index (χ3n) is 4.43. The van der Waals surface area contributed by atoms with Gasteiger partial charge in [0, 0.05) is 25.1 Å². The third kappa shape index (κ3) is 4.35. The van der Waals surface area contributed by atoms with Crippen molar-refractivity contribution in [3.05, 3.63) is 40.7 Å². The Balaban J connectivity index is 1.84. The van der Waals surface area contributed by atoms with Crippen molar-refractivity contribution in [2.75, 3.05) is 36.5 Å². The zero-order valence-corrected chi connectivity index (χ0v) is 15.6. The highest BCUT2D eigenvalue weighted by Gasteiger charge is 2.17. The van der Waals surface area contributed by atoms with E-state index in [0.29, 0.717) is 36.5 Å². The number of hydrogen-bond acceptors (Lipinski definition) is 6. The predicted molar refractivity (Wildman–Crippen MR) is 101 cm³/mol. The van der Waals surface area contributed by atoms with Gasteiger partial charge < -0.3 is 9.64 Å². The first kappa shape index (κ1) is 18.3. The number of nitrogens with one attached hydrogen (secondary N) is 1. The number of ether oxygens (including phenoxy) is 1. The largest absolute Gasteiger partial charge is 0.378 e. The molecule has 1 aliphatic heterocycles. The lowest BCUT2D eigenvalue weighted by Gasteiger charge is -2.27. The third-order valence-corrected chi connectivity index (χ3v) is 4.43.